The summed E-state index contributed by atoms with van der Waals surface area (Å²) >= 11 is 0. The van der Waals surface area contributed by atoms with E-state index < -0.39 is 53.6 Å². The molecule has 26 heavy (non-hydrogen) atoms. The van der Waals surface area contributed by atoms with Crippen LogP contribution in [-0.4, -0.2) is 52.8 Å². The van der Waals surface area contributed by atoms with Gasteiger partial charge in [0, 0.05) is 27.0 Å². The first-order valence-corrected chi connectivity index (χ1v) is 7.64. The summed E-state index contributed by atoms with van der Waals surface area (Å²) in [7, 11) is 0. The molecule has 2 heterocycles. The Balaban J connectivity index is 2.41. The summed E-state index contributed by atoms with van der Waals surface area (Å²) in [5.74, 6) is -1.97. The third kappa shape index (κ3) is 4.57. The van der Waals surface area contributed by atoms with Crippen LogP contribution in [0, 0.1) is 0 Å². The predicted molar refractivity (Wildman–Crippen MR) is 83.0 cm³/mol. The molecule has 11 heteroatoms. The number of nitrogens with one attached hydrogen (secondary N) is 2. The van der Waals surface area contributed by atoms with Gasteiger partial charge in [0.15, 0.2) is 12.2 Å². The van der Waals surface area contributed by atoms with Crippen molar-refractivity contribution in [1.29, 1.82) is 0 Å². The second-order valence-corrected chi connectivity index (χ2v) is 5.57. The maximum atomic E-state index is 12.1. The number of carbonyl (C=O) groups is 3. The second-order valence-electron chi connectivity index (χ2n) is 5.57. The zero-order chi connectivity index (χ0) is 19.4. The number of aromatic nitrogens is 2. The predicted octanol–water partition coefficient (Wildman–Crippen LogP) is -1.07. The van der Waals surface area contributed by atoms with Crippen LogP contribution < -0.4 is 11.2 Å². The molecule has 142 valence electrons. The largest absolute Gasteiger partial charge is 0.463 e. The highest BCUT2D eigenvalue weighted by molar-refractivity contribution is 5.68. The molecule has 2 N–H and O–H groups in total. The SMILES string of the molecule is CC(=O)OC[C@H]1O[C@H](c2c[nH]c(=O)[nH]c2=O)[C@H](OC(C)=O)[C@@H]1OC(C)=O. The highest BCUT2D eigenvalue weighted by Crippen LogP contribution is 2.36. The van der Waals surface area contributed by atoms with E-state index in [0.29, 0.717) is 0 Å². The first kappa shape index (κ1) is 19.4. The van der Waals surface area contributed by atoms with Crippen molar-refractivity contribution < 1.29 is 33.3 Å². The Morgan fingerprint density at radius 2 is 1.65 bits per heavy atom. The monoisotopic (exact) mass is 370 g/mol. The lowest BCUT2D eigenvalue weighted by atomic mass is 10.0. The molecule has 1 aromatic heterocycles. The average molecular weight is 370 g/mol. The van der Waals surface area contributed by atoms with Gasteiger partial charge < -0.3 is 23.9 Å². The Labute approximate surface area is 146 Å². The van der Waals surface area contributed by atoms with Gasteiger partial charge >= 0.3 is 23.6 Å². The van der Waals surface area contributed by atoms with E-state index in [-0.39, 0.29) is 12.2 Å². The Morgan fingerprint density at radius 3 is 2.19 bits per heavy atom. The van der Waals surface area contributed by atoms with Crippen LogP contribution in [0.15, 0.2) is 15.8 Å². The maximum Gasteiger partial charge on any atom is 0.325 e. The van der Waals surface area contributed by atoms with Crippen molar-refractivity contribution >= 4 is 17.9 Å². The van der Waals surface area contributed by atoms with Gasteiger partial charge in [0.25, 0.3) is 5.56 Å². The molecule has 0 spiro atoms. The molecule has 4 atom stereocenters. The summed E-state index contributed by atoms with van der Waals surface area (Å²) in [5.41, 5.74) is -1.53. The molecular weight excluding hydrogens is 352 g/mol. The van der Waals surface area contributed by atoms with Crippen LogP contribution in [0.1, 0.15) is 32.4 Å². The molecular formula is C15H18N2O9. The lowest BCUT2D eigenvalue weighted by Crippen LogP contribution is -2.40. The van der Waals surface area contributed by atoms with Crippen molar-refractivity contribution in [2.24, 2.45) is 0 Å². The van der Waals surface area contributed by atoms with Crippen molar-refractivity contribution in [3.63, 3.8) is 0 Å². The van der Waals surface area contributed by atoms with E-state index in [1.807, 2.05) is 4.98 Å². The average Bonchev–Trinajstić information content (AvgIpc) is 2.82. The third-order valence-electron chi connectivity index (χ3n) is 3.52. The second kappa shape index (κ2) is 7.95. The fourth-order valence-corrected chi connectivity index (χ4v) is 2.60. The summed E-state index contributed by atoms with van der Waals surface area (Å²) in [4.78, 5) is 61.6. The van der Waals surface area contributed by atoms with Crippen LogP contribution in [-0.2, 0) is 33.3 Å². The molecule has 1 saturated heterocycles. The lowest BCUT2D eigenvalue weighted by molar-refractivity contribution is -0.165. The molecule has 1 aliphatic rings. The van der Waals surface area contributed by atoms with Crippen molar-refractivity contribution in [2.45, 2.75) is 45.2 Å². The van der Waals surface area contributed by atoms with Gasteiger partial charge in [-0.3, -0.25) is 24.2 Å². The van der Waals surface area contributed by atoms with Crippen molar-refractivity contribution in [3.05, 3.63) is 32.6 Å². The Kier molecular flexibility index (Phi) is 5.93. The Bertz CT molecular complexity index is 812. The van der Waals surface area contributed by atoms with Crippen LogP contribution >= 0.6 is 0 Å². The van der Waals surface area contributed by atoms with Crippen LogP contribution in [0.5, 0.6) is 0 Å². The van der Waals surface area contributed by atoms with Crippen LogP contribution in [0.25, 0.3) is 0 Å². The molecule has 0 saturated carbocycles. The highest BCUT2D eigenvalue weighted by Gasteiger charge is 2.51. The molecule has 11 nitrogen and oxygen atoms in total. The summed E-state index contributed by atoms with van der Waals surface area (Å²) in [5, 5.41) is 0. The van der Waals surface area contributed by atoms with E-state index in [1.165, 1.54) is 6.92 Å². The lowest BCUT2D eigenvalue weighted by Gasteiger charge is -2.23. The fraction of sp³-hybridized carbons (Fsp3) is 0.533. The van der Waals surface area contributed by atoms with Gasteiger partial charge in [-0.25, -0.2) is 4.79 Å². The number of aromatic amines is 2. The third-order valence-corrected chi connectivity index (χ3v) is 3.52. The standard InChI is InChI=1S/C15H18N2O9/c1-6(18)23-5-10-12(24-7(2)19)13(25-8(3)20)11(26-10)9-4-16-15(22)17-14(9)21/h4,10-13H,5H2,1-3H3,(H2,16,17,21,22)/t10-,11-,12-,13+/m1/s1. The number of carbonyl (C=O) groups excluding carboxylic acids is 3. The molecule has 1 aromatic rings. The Hall–Kier alpha value is -2.95. The molecule has 0 amide bonds. The topological polar surface area (TPSA) is 154 Å². The smallest absolute Gasteiger partial charge is 0.325 e. The zero-order valence-corrected chi connectivity index (χ0v) is 14.3. The summed E-state index contributed by atoms with van der Waals surface area (Å²) in [6, 6.07) is 0. The van der Waals surface area contributed by atoms with Gasteiger partial charge in [0.05, 0.1) is 5.56 Å². The maximum absolute atomic E-state index is 12.1. The van der Waals surface area contributed by atoms with E-state index in [1.54, 1.807) is 0 Å². The highest BCUT2D eigenvalue weighted by atomic mass is 16.6. The number of hydrogen-bond acceptors (Lipinski definition) is 9. The Morgan fingerprint density at radius 1 is 1.04 bits per heavy atom. The molecule has 1 aliphatic heterocycles. The summed E-state index contributed by atoms with van der Waals surface area (Å²) in [6.07, 6.45) is -3.31. The van der Waals surface area contributed by atoms with Gasteiger partial charge in [-0.2, -0.15) is 0 Å². The molecule has 2 rings (SSSR count). The minimum atomic E-state index is -1.18. The van der Waals surface area contributed by atoms with Crippen LogP contribution in [0.4, 0.5) is 0 Å². The van der Waals surface area contributed by atoms with E-state index in [2.05, 4.69) is 4.98 Å². The van der Waals surface area contributed by atoms with Gasteiger partial charge in [-0.15, -0.1) is 0 Å². The van der Waals surface area contributed by atoms with Gasteiger partial charge in [-0.1, -0.05) is 0 Å². The van der Waals surface area contributed by atoms with Crippen molar-refractivity contribution in [3.8, 4) is 0 Å². The minimum absolute atomic E-state index is 0.0432. The number of H-pyrrole nitrogens is 2. The zero-order valence-electron chi connectivity index (χ0n) is 14.3. The van der Waals surface area contributed by atoms with Gasteiger partial charge in [-0.05, 0) is 0 Å². The van der Waals surface area contributed by atoms with E-state index >= 15 is 0 Å². The molecule has 1 fully saturated rings. The molecule has 0 radical (unpaired) electrons. The van der Waals surface area contributed by atoms with Gasteiger partial charge in [0.1, 0.15) is 18.8 Å². The first-order chi connectivity index (χ1) is 12.2. The number of hydrogen-bond donors (Lipinski definition) is 2. The normalized spacial score (nSPS) is 24.7. The number of esters is 3. The molecule has 0 aliphatic carbocycles. The van der Waals surface area contributed by atoms with Crippen molar-refractivity contribution in [1.82, 2.24) is 9.97 Å². The quantitative estimate of drug-likeness (QED) is 0.487. The van der Waals surface area contributed by atoms with E-state index in [4.69, 9.17) is 18.9 Å². The van der Waals surface area contributed by atoms with E-state index in [0.717, 1.165) is 20.0 Å². The minimum Gasteiger partial charge on any atom is -0.463 e. The number of ether oxygens (including phenoxy) is 4. The fourth-order valence-electron chi connectivity index (χ4n) is 2.60. The van der Waals surface area contributed by atoms with Gasteiger partial charge in [0.2, 0.25) is 0 Å². The number of rotatable bonds is 5. The van der Waals surface area contributed by atoms with Crippen molar-refractivity contribution in [2.75, 3.05) is 6.61 Å². The summed E-state index contributed by atoms with van der Waals surface area (Å²) in [6.45, 7) is 3.18. The molecule has 0 aromatic carbocycles. The van der Waals surface area contributed by atoms with Crippen LogP contribution in [0.3, 0.4) is 0 Å². The molecule has 0 unspecified atom stereocenters. The van der Waals surface area contributed by atoms with Crippen LogP contribution in [0.2, 0.25) is 0 Å². The molecule has 0 bridgehead atoms. The van der Waals surface area contributed by atoms with E-state index in [9.17, 15) is 24.0 Å². The summed E-state index contributed by atoms with van der Waals surface area (Å²) < 4.78 is 20.9. The first-order valence-electron chi connectivity index (χ1n) is 7.64.